The number of ketones is 1. The highest BCUT2D eigenvalue weighted by Crippen LogP contribution is 2.11. The number of Topliss-reactive ketones (excluding diaryl/α,β-unsaturated/α-hetero) is 1. The number of rotatable bonds is 8. The monoisotopic (exact) mass is 404 g/mol. The summed E-state index contributed by atoms with van der Waals surface area (Å²) in [5.41, 5.74) is 1.96. The average molecular weight is 404 g/mol. The van der Waals surface area contributed by atoms with Crippen LogP contribution in [0.15, 0.2) is 53.4 Å². The molecule has 0 aliphatic rings. The van der Waals surface area contributed by atoms with E-state index in [0.717, 1.165) is 5.56 Å². The van der Waals surface area contributed by atoms with Crippen LogP contribution in [-0.2, 0) is 24.3 Å². The summed E-state index contributed by atoms with van der Waals surface area (Å²) in [6.45, 7) is 2.11. The Bertz CT molecular complexity index is 966. The van der Waals surface area contributed by atoms with E-state index in [1.54, 1.807) is 12.1 Å². The minimum Gasteiger partial charge on any atom is -0.455 e. The van der Waals surface area contributed by atoms with Crippen molar-refractivity contribution in [3.8, 4) is 0 Å². The van der Waals surface area contributed by atoms with Crippen molar-refractivity contribution in [2.24, 2.45) is 0 Å². The van der Waals surface area contributed by atoms with Gasteiger partial charge in [-0.15, -0.1) is 0 Å². The standard InChI is InChI=1S/C19H20N2O6S/c1-13-3-7-16(8-4-13)21-18(23)12-27-19(24)11-20-28(25,26)17-9-5-15(6-10-17)14(2)22/h3-10,20H,11-12H2,1-2H3,(H,21,23). The molecule has 2 aromatic rings. The van der Waals surface area contributed by atoms with Crippen molar-refractivity contribution in [3.05, 3.63) is 59.7 Å². The van der Waals surface area contributed by atoms with E-state index in [0.29, 0.717) is 11.3 Å². The minimum atomic E-state index is -3.95. The quantitative estimate of drug-likeness (QED) is 0.510. The highest BCUT2D eigenvalue weighted by atomic mass is 32.2. The second-order valence-electron chi connectivity index (χ2n) is 5.98. The molecular formula is C19H20N2O6S. The third-order valence-electron chi connectivity index (χ3n) is 3.68. The molecule has 0 radical (unpaired) electrons. The fourth-order valence-electron chi connectivity index (χ4n) is 2.14. The Morgan fingerprint density at radius 2 is 1.57 bits per heavy atom. The number of nitrogens with one attached hydrogen (secondary N) is 2. The van der Waals surface area contributed by atoms with E-state index in [9.17, 15) is 22.8 Å². The number of ether oxygens (including phenoxy) is 1. The number of anilines is 1. The van der Waals surface area contributed by atoms with E-state index >= 15 is 0 Å². The number of carbonyl (C=O) groups is 3. The molecule has 0 atom stereocenters. The van der Waals surface area contributed by atoms with Gasteiger partial charge in [0.2, 0.25) is 10.0 Å². The number of hydrogen-bond donors (Lipinski definition) is 2. The molecule has 0 saturated heterocycles. The lowest BCUT2D eigenvalue weighted by atomic mass is 10.2. The highest BCUT2D eigenvalue weighted by molar-refractivity contribution is 7.89. The number of aryl methyl sites for hydroxylation is 1. The van der Waals surface area contributed by atoms with Crippen LogP contribution in [0.2, 0.25) is 0 Å². The first-order valence-electron chi connectivity index (χ1n) is 8.30. The molecule has 0 fully saturated rings. The summed E-state index contributed by atoms with van der Waals surface area (Å²) in [5.74, 6) is -1.63. The Hall–Kier alpha value is -3.04. The zero-order valence-corrected chi connectivity index (χ0v) is 16.2. The van der Waals surface area contributed by atoms with E-state index < -0.39 is 35.1 Å². The minimum absolute atomic E-state index is 0.0950. The lowest BCUT2D eigenvalue weighted by Crippen LogP contribution is -2.32. The molecule has 0 saturated carbocycles. The summed E-state index contributed by atoms with van der Waals surface area (Å²) >= 11 is 0. The van der Waals surface area contributed by atoms with Gasteiger partial charge in [-0.25, -0.2) is 8.42 Å². The highest BCUT2D eigenvalue weighted by Gasteiger charge is 2.17. The maximum atomic E-state index is 12.1. The summed E-state index contributed by atoms with van der Waals surface area (Å²) in [4.78, 5) is 34.6. The van der Waals surface area contributed by atoms with Crippen molar-refractivity contribution < 1.29 is 27.5 Å². The number of amides is 1. The molecule has 0 heterocycles. The van der Waals surface area contributed by atoms with Gasteiger partial charge in [0.25, 0.3) is 5.91 Å². The molecular weight excluding hydrogens is 384 g/mol. The second kappa shape index (κ2) is 9.25. The lowest BCUT2D eigenvalue weighted by Gasteiger charge is -2.08. The molecule has 0 bridgehead atoms. The van der Waals surface area contributed by atoms with Crippen molar-refractivity contribution >= 4 is 33.4 Å². The Morgan fingerprint density at radius 1 is 0.964 bits per heavy atom. The Kier molecular flexibility index (Phi) is 7.02. The van der Waals surface area contributed by atoms with Crippen LogP contribution in [0.1, 0.15) is 22.8 Å². The Morgan fingerprint density at radius 3 is 2.14 bits per heavy atom. The third kappa shape index (κ3) is 6.29. The molecule has 1 amide bonds. The Balaban J connectivity index is 1.81. The fourth-order valence-corrected chi connectivity index (χ4v) is 3.11. The second-order valence-corrected chi connectivity index (χ2v) is 7.75. The van der Waals surface area contributed by atoms with Gasteiger partial charge in [0.05, 0.1) is 4.90 Å². The van der Waals surface area contributed by atoms with Crippen molar-refractivity contribution in [3.63, 3.8) is 0 Å². The summed E-state index contributed by atoms with van der Waals surface area (Å²) in [6.07, 6.45) is 0. The van der Waals surface area contributed by atoms with Crippen molar-refractivity contribution in [1.82, 2.24) is 4.72 Å². The molecule has 0 spiro atoms. The first-order valence-corrected chi connectivity index (χ1v) is 9.78. The van der Waals surface area contributed by atoms with Crippen LogP contribution in [-0.4, -0.2) is 39.2 Å². The zero-order valence-electron chi connectivity index (χ0n) is 15.4. The van der Waals surface area contributed by atoms with Gasteiger partial charge in [0, 0.05) is 11.3 Å². The molecule has 0 unspecified atom stereocenters. The molecule has 2 rings (SSSR count). The van der Waals surface area contributed by atoms with Gasteiger partial charge in [0.1, 0.15) is 6.54 Å². The van der Waals surface area contributed by atoms with Crippen molar-refractivity contribution in [2.45, 2.75) is 18.7 Å². The van der Waals surface area contributed by atoms with Gasteiger partial charge in [0.15, 0.2) is 12.4 Å². The predicted molar refractivity (Wildman–Crippen MR) is 102 cm³/mol. The van der Waals surface area contributed by atoms with Crippen LogP contribution in [0, 0.1) is 6.92 Å². The summed E-state index contributed by atoms with van der Waals surface area (Å²) in [7, 11) is -3.95. The number of hydrogen-bond acceptors (Lipinski definition) is 6. The molecule has 2 N–H and O–H groups in total. The van der Waals surface area contributed by atoms with Crippen LogP contribution < -0.4 is 10.0 Å². The first-order chi connectivity index (χ1) is 13.2. The zero-order chi connectivity index (χ0) is 20.7. The van der Waals surface area contributed by atoms with E-state index in [2.05, 4.69) is 10.0 Å². The topological polar surface area (TPSA) is 119 Å². The smallest absolute Gasteiger partial charge is 0.321 e. The van der Waals surface area contributed by atoms with Gasteiger partial charge < -0.3 is 10.1 Å². The van der Waals surface area contributed by atoms with E-state index in [-0.39, 0.29) is 10.7 Å². The van der Waals surface area contributed by atoms with Crippen LogP contribution in [0.4, 0.5) is 5.69 Å². The fraction of sp³-hybridized carbons (Fsp3) is 0.211. The lowest BCUT2D eigenvalue weighted by molar-refractivity contribution is -0.146. The largest absolute Gasteiger partial charge is 0.455 e. The maximum Gasteiger partial charge on any atom is 0.321 e. The summed E-state index contributed by atoms with van der Waals surface area (Å²) in [5, 5.41) is 2.55. The Labute approximate surface area is 163 Å². The summed E-state index contributed by atoms with van der Waals surface area (Å²) < 4.78 is 31.1. The summed E-state index contributed by atoms with van der Waals surface area (Å²) in [6, 6.07) is 12.3. The van der Waals surface area contributed by atoms with Gasteiger partial charge in [-0.05, 0) is 38.1 Å². The number of sulfonamides is 1. The van der Waals surface area contributed by atoms with Crippen LogP contribution in [0.3, 0.4) is 0 Å². The number of carbonyl (C=O) groups excluding carboxylic acids is 3. The molecule has 9 heteroatoms. The normalized spacial score (nSPS) is 10.9. The van der Waals surface area contributed by atoms with Gasteiger partial charge in [-0.1, -0.05) is 29.8 Å². The van der Waals surface area contributed by atoms with Crippen molar-refractivity contribution in [2.75, 3.05) is 18.5 Å². The van der Waals surface area contributed by atoms with Gasteiger partial charge in [-0.3, -0.25) is 14.4 Å². The molecule has 8 nitrogen and oxygen atoms in total. The molecule has 0 aliphatic carbocycles. The van der Waals surface area contributed by atoms with E-state index in [1.807, 2.05) is 19.1 Å². The SMILES string of the molecule is CC(=O)c1ccc(S(=O)(=O)NCC(=O)OCC(=O)Nc2ccc(C)cc2)cc1. The van der Waals surface area contributed by atoms with Crippen LogP contribution in [0.5, 0.6) is 0 Å². The van der Waals surface area contributed by atoms with Crippen LogP contribution in [0.25, 0.3) is 0 Å². The number of esters is 1. The molecule has 28 heavy (non-hydrogen) atoms. The molecule has 0 aromatic heterocycles. The van der Waals surface area contributed by atoms with Gasteiger partial charge >= 0.3 is 5.97 Å². The van der Waals surface area contributed by atoms with Gasteiger partial charge in [-0.2, -0.15) is 4.72 Å². The maximum absolute atomic E-state index is 12.1. The predicted octanol–water partition coefficient (Wildman–Crippen LogP) is 1.66. The number of benzene rings is 2. The van der Waals surface area contributed by atoms with Crippen molar-refractivity contribution in [1.29, 1.82) is 0 Å². The molecule has 148 valence electrons. The average Bonchev–Trinajstić information content (AvgIpc) is 2.66. The first kappa shape index (κ1) is 21.3. The molecule has 0 aliphatic heterocycles. The molecule has 2 aromatic carbocycles. The van der Waals surface area contributed by atoms with Crippen LogP contribution >= 0.6 is 0 Å². The third-order valence-corrected chi connectivity index (χ3v) is 5.09. The van der Waals surface area contributed by atoms with E-state index in [4.69, 9.17) is 4.74 Å². The van der Waals surface area contributed by atoms with E-state index in [1.165, 1.54) is 31.2 Å².